The number of likely N-dealkylation sites (tertiary alicyclic amines) is 1. The van der Waals surface area contributed by atoms with Crippen LogP contribution in [-0.4, -0.2) is 41.0 Å². The molecular weight excluding hydrogens is 415 g/mol. The third-order valence-electron chi connectivity index (χ3n) is 6.51. The molecule has 1 aromatic heterocycles. The summed E-state index contributed by atoms with van der Waals surface area (Å²) in [5.41, 5.74) is 7.63. The summed E-state index contributed by atoms with van der Waals surface area (Å²) >= 11 is 1.95. The summed E-state index contributed by atoms with van der Waals surface area (Å²) < 4.78 is 2.39. The monoisotopic (exact) mass is 446 g/mol. The summed E-state index contributed by atoms with van der Waals surface area (Å²) in [6, 6.07) is 13.4. The van der Waals surface area contributed by atoms with E-state index in [1.807, 2.05) is 30.3 Å². The van der Waals surface area contributed by atoms with E-state index < -0.39 is 0 Å². The van der Waals surface area contributed by atoms with Crippen molar-refractivity contribution in [1.29, 1.82) is 5.26 Å². The van der Waals surface area contributed by atoms with Crippen molar-refractivity contribution < 1.29 is 0 Å². The number of piperidine rings is 1. The van der Waals surface area contributed by atoms with E-state index in [1.54, 1.807) is 0 Å². The van der Waals surface area contributed by atoms with E-state index in [2.05, 4.69) is 63.4 Å². The molecule has 2 fully saturated rings. The first-order valence-corrected chi connectivity index (χ1v) is 12.1. The fourth-order valence-electron chi connectivity index (χ4n) is 4.42. The van der Waals surface area contributed by atoms with Gasteiger partial charge < -0.3 is 14.6 Å². The van der Waals surface area contributed by atoms with Crippen LogP contribution in [0.3, 0.4) is 0 Å². The zero-order valence-corrected chi connectivity index (χ0v) is 19.5. The second-order valence-corrected chi connectivity index (χ2v) is 10.1. The molecule has 1 aromatic carbocycles. The summed E-state index contributed by atoms with van der Waals surface area (Å²) in [5, 5.41) is 9.63. The van der Waals surface area contributed by atoms with E-state index in [-0.39, 0.29) is 6.71 Å². The number of anilines is 1. The molecule has 166 valence electrons. The Kier molecular flexibility index (Phi) is 7.41. The smallest absolute Gasteiger partial charge is 0.270 e. The highest BCUT2D eigenvalue weighted by atomic mass is 32.2. The molecule has 0 radical (unpaired) electrons. The van der Waals surface area contributed by atoms with Crippen LogP contribution in [-0.2, 0) is 6.54 Å². The highest BCUT2D eigenvalue weighted by Gasteiger charge is 2.38. The number of nitrogens with one attached hydrogen (secondary N) is 1. The number of nitriles is 1. The van der Waals surface area contributed by atoms with Gasteiger partial charge in [0.05, 0.1) is 17.9 Å². The second-order valence-electron chi connectivity index (χ2n) is 8.83. The van der Waals surface area contributed by atoms with Crippen LogP contribution >= 0.6 is 11.9 Å². The molecule has 6 nitrogen and oxygen atoms in total. The Hall–Kier alpha value is -2.47. The topological polar surface area (TPSA) is 81.2 Å². The maximum atomic E-state index is 9.05. The van der Waals surface area contributed by atoms with E-state index in [0.717, 1.165) is 43.5 Å². The lowest BCUT2D eigenvalue weighted by atomic mass is 9.34. The second kappa shape index (κ2) is 10.4. The molecular formula is C24H31BN6S. The first-order valence-electron chi connectivity index (χ1n) is 11.3. The van der Waals surface area contributed by atoms with Crippen LogP contribution in [0.1, 0.15) is 29.7 Å². The number of pyridine rings is 1. The van der Waals surface area contributed by atoms with Gasteiger partial charge in [0.2, 0.25) is 0 Å². The van der Waals surface area contributed by atoms with Crippen molar-refractivity contribution in [3.63, 3.8) is 0 Å². The van der Waals surface area contributed by atoms with E-state index in [9.17, 15) is 0 Å². The minimum Gasteiger partial charge on any atom is -0.324 e. The lowest BCUT2D eigenvalue weighted by Gasteiger charge is -2.43. The summed E-state index contributed by atoms with van der Waals surface area (Å²) in [7, 11) is 0. The van der Waals surface area contributed by atoms with Crippen LogP contribution in [0, 0.1) is 18.2 Å². The number of aryl methyl sites for hydroxylation is 1. The molecule has 2 aliphatic heterocycles. The zero-order chi connectivity index (χ0) is 22.5. The fourth-order valence-corrected chi connectivity index (χ4v) is 5.64. The third-order valence-corrected chi connectivity index (χ3v) is 7.87. The number of nitrogens with two attached hydrogens (primary N) is 1. The molecule has 0 spiro atoms. The summed E-state index contributed by atoms with van der Waals surface area (Å²) in [5.74, 6) is 7.87. The van der Waals surface area contributed by atoms with E-state index in [1.165, 1.54) is 24.1 Å². The summed E-state index contributed by atoms with van der Waals surface area (Å²) in [4.78, 5) is 7.25. The van der Waals surface area contributed by atoms with Crippen LogP contribution in [0.2, 0.25) is 12.6 Å². The molecule has 4 rings (SSSR count). The van der Waals surface area contributed by atoms with Crippen molar-refractivity contribution in [2.24, 2.45) is 5.84 Å². The molecule has 2 aromatic rings. The van der Waals surface area contributed by atoms with E-state index in [4.69, 9.17) is 11.1 Å². The van der Waals surface area contributed by atoms with E-state index >= 15 is 0 Å². The molecule has 3 N–H and O–H groups in total. The zero-order valence-electron chi connectivity index (χ0n) is 18.7. The molecule has 2 aliphatic rings. The predicted molar refractivity (Wildman–Crippen MR) is 135 cm³/mol. The Morgan fingerprint density at radius 1 is 1.34 bits per heavy atom. The first kappa shape index (κ1) is 22.7. The number of benzene rings is 1. The van der Waals surface area contributed by atoms with Crippen LogP contribution in [0.15, 0.2) is 49.2 Å². The highest BCUT2D eigenvalue weighted by Crippen LogP contribution is 2.35. The number of hydrogen-bond donors (Lipinski definition) is 2. The Morgan fingerprint density at radius 2 is 2.12 bits per heavy atom. The number of hydrazine groups is 1. The third kappa shape index (κ3) is 5.47. The Balaban J connectivity index is 1.40. The average molecular weight is 446 g/mol. The van der Waals surface area contributed by atoms with Crippen molar-refractivity contribution in [3.05, 3.63) is 66.0 Å². The average Bonchev–Trinajstić information content (AvgIpc) is 2.79. The van der Waals surface area contributed by atoms with Gasteiger partial charge in [-0.25, -0.2) is 5.26 Å². The lowest BCUT2D eigenvalue weighted by Crippen LogP contribution is -2.51. The molecule has 0 atom stereocenters. The van der Waals surface area contributed by atoms with Gasteiger partial charge in [0.25, 0.3) is 6.71 Å². The van der Waals surface area contributed by atoms with Gasteiger partial charge in [-0.2, -0.15) is 0 Å². The molecule has 3 heterocycles. The molecule has 2 saturated heterocycles. The van der Waals surface area contributed by atoms with Gasteiger partial charge in [0, 0.05) is 28.7 Å². The van der Waals surface area contributed by atoms with Gasteiger partial charge in [-0.05, 0) is 93.3 Å². The van der Waals surface area contributed by atoms with E-state index in [0.29, 0.717) is 17.0 Å². The number of aromatic nitrogens is 1. The van der Waals surface area contributed by atoms with Crippen molar-refractivity contribution >= 4 is 30.0 Å². The maximum Gasteiger partial charge on any atom is 0.270 e. The van der Waals surface area contributed by atoms with Crippen LogP contribution in [0.5, 0.6) is 0 Å². The SMILES string of the molecule is C=C(NN)c1ccc(CN(SC2CCN(C3CB(C#N)C3)CC2)c2cccc(C)c2)nc1. The van der Waals surface area contributed by atoms with Crippen molar-refractivity contribution in [2.75, 3.05) is 17.4 Å². The van der Waals surface area contributed by atoms with Gasteiger partial charge in [0.15, 0.2) is 0 Å². The lowest BCUT2D eigenvalue weighted by molar-refractivity contribution is 0.176. The molecule has 8 heteroatoms. The minimum absolute atomic E-state index is 0.278. The fraction of sp³-hybridized carbons (Fsp3) is 0.417. The van der Waals surface area contributed by atoms with Gasteiger partial charge in [-0.15, -0.1) is 0 Å². The standard InChI is InChI=1S/C24H31BN6S/c1-18-4-3-5-22(12-18)31(16-21-7-6-20(15-28-21)19(2)29-27)32-24-8-10-30(11-9-24)23-13-25(14-23)17-26/h3-7,12,15,23-24,29H,2,8-11,13-14,16,27H2,1H3. The Bertz CT molecular complexity index is 961. The van der Waals surface area contributed by atoms with Gasteiger partial charge in [-0.3, -0.25) is 10.8 Å². The molecule has 32 heavy (non-hydrogen) atoms. The maximum absolute atomic E-state index is 9.05. The summed E-state index contributed by atoms with van der Waals surface area (Å²) in [6.07, 6.45) is 6.28. The highest BCUT2D eigenvalue weighted by molar-refractivity contribution is 8.01. The van der Waals surface area contributed by atoms with Crippen molar-refractivity contribution in [3.8, 4) is 5.97 Å². The van der Waals surface area contributed by atoms with Crippen molar-refractivity contribution in [1.82, 2.24) is 15.3 Å². The number of hydrogen-bond acceptors (Lipinski definition) is 7. The van der Waals surface area contributed by atoms with Crippen LogP contribution < -0.4 is 15.6 Å². The molecule has 0 aliphatic carbocycles. The molecule has 0 unspecified atom stereocenters. The molecule has 0 saturated carbocycles. The molecule has 0 bridgehead atoms. The summed E-state index contributed by atoms with van der Waals surface area (Å²) in [6.45, 7) is 9.31. The van der Waals surface area contributed by atoms with Gasteiger partial charge in [-0.1, -0.05) is 18.7 Å². The van der Waals surface area contributed by atoms with Crippen molar-refractivity contribution in [2.45, 2.75) is 50.2 Å². The van der Waals surface area contributed by atoms with Gasteiger partial charge >= 0.3 is 0 Å². The number of nitrogens with zero attached hydrogens (tertiary/aromatic N) is 4. The normalized spacial score (nSPS) is 17.5. The molecule has 0 amide bonds. The van der Waals surface area contributed by atoms with Crippen LogP contribution in [0.25, 0.3) is 5.70 Å². The first-order chi connectivity index (χ1) is 15.6. The number of rotatable bonds is 8. The minimum atomic E-state index is 0.278. The Labute approximate surface area is 196 Å². The Morgan fingerprint density at radius 3 is 2.75 bits per heavy atom. The predicted octanol–water partition coefficient (Wildman–Crippen LogP) is 3.88. The van der Waals surface area contributed by atoms with Gasteiger partial charge in [0.1, 0.15) is 0 Å². The van der Waals surface area contributed by atoms with Crippen LogP contribution in [0.4, 0.5) is 5.69 Å². The quantitative estimate of drug-likeness (QED) is 0.276. The largest absolute Gasteiger partial charge is 0.324 e.